The minimum Gasteiger partial charge on any atom is -0.489 e. The topological polar surface area (TPSA) is 155 Å². The molecule has 20 rings (SSSR count). The zero-order valence-corrected chi connectivity index (χ0v) is 77.3. The van der Waals surface area contributed by atoms with Gasteiger partial charge in [-0.25, -0.2) is 0 Å². The van der Waals surface area contributed by atoms with E-state index in [1.54, 1.807) is 0 Å². The highest BCUT2D eigenvalue weighted by molar-refractivity contribution is 5.59. The van der Waals surface area contributed by atoms with Crippen molar-refractivity contribution in [3.05, 3.63) is 501 Å². The van der Waals surface area contributed by atoms with Crippen LogP contribution in [-0.2, 0) is 98.9 Å². The van der Waals surface area contributed by atoms with E-state index in [1.807, 2.05) is 382 Å². The van der Waals surface area contributed by atoms with Crippen molar-refractivity contribution in [2.75, 3.05) is 0 Å². The molecule has 0 amide bonds. The molecule has 138 heavy (non-hydrogen) atoms. The summed E-state index contributed by atoms with van der Waals surface area (Å²) in [5.41, 5.74) is 18.5. The standard InChI is InChI=1S/C122H108N2O14/c1-122(2)118-70-119(122)117-71-124-121(120-45-27-28-46-123-120)69-115(117)116(118)61-94-47-101(133-80-99-57-111(135-82-95-49-103(125-72-86-29-11-3-12-30-86)63-104(50-95)126-73-87-31-13-4-14-32-87)67-112(58-99)136-83-96-51-105(127-74-88-33-15-5-16-34-88)64-106(52-96)128-75-89-35-17-6-18-36-89)62-102(48-94)134-81-100-59-113(137-84-97-53-107(129-76-90-37-19-7-20-38-90)65-108(54-97)130-77-91-39-21-8-22-40-91)68-114(60-100)138-85-98-55-109(131-78-92-41-23-9-24-42-92)66-110(56-98)132-79-93-43-25-10-26-44-93/h3-60,62-69,71,116,118-119H,61,70,72-85H2,1-2H3/t116-,118-,119+/m1/s1. The van der Waals surface area contributed by atoms with Crippen LogP contribution in [0.4, 0.5) is 0 Å². The molecule has 16 nitrogen and oxygen atoms in total. The van der Waals surface area contributed by atoms with Crippen molar-refractivity contribution in [2.24, 2.45) is 11.3 Å². The van der Waals surface area contributed by atoms with E-state index in [0.717, 1.165) is 101 Å². The van der Waals surface area contributed by atoms with Crippen LogP contribution in [0.5, 0.6) is 80.5 Å². The molecule has 0 saturated heterocycles. The second kappa shape index (κ2) is 44.8. The van der Waals surface area contributed by atoms with Crippen LogP contribution in [0.25, 0.3) is 11.4 Å². The minimum absolute atomic E-state index is 0.0164. The monoisotopic (exact) mass is 1820 g/mol. The third-order valence-electron chi connectivity index (χ3n) is 25.0. The molecular formula is C122H108N2O14. The fourth-order valence-electron chi connectivity index (χ4n) is 17.8. The van der Waals surface area contributed by atoms with E-state index in [9.17, 15) is 0 Å². The number of ether oxygens (including phenoxy) is 14. The molecule has 0 radical (unpaired) electrons. The summed E-state index contributed by atoms with van der Waals surface area (Å²) in [4.78, 5) is 9.87. The molecule has 0 spiro atoms. The van der Waals surface area contributed by atoms with Crippen LogP contribution in [0, 0.1) is 11.3 Å². The predicted octanol–water partition coefficient (Wildman–Crippen LogP) is 27.7. The Bertz CT molecular complexity index is 5920. The molecule has 2 heterocycles. The molecule has 0 unspecified atom stereocenters. The maximum Gasteiger partial charge on any atom is 0.123 e. The average molecular weight is 1830 g/mol. The van der Waals surface area contributed by atoms with E-state index in [1.165, 1.54) is 11.1 Å². The third kappa shape index (κ3) is 25.2. The van der Waals surface area contributed by atoms with Crippen molar-refractivity contribution in [3.8, 4) is 91.9 Å². The number of hydrogen-bond donors (Lipinski definition) is 0. The van der Waals surface area contributed by atoms with Crippen molar-refractivity contribution in [1.82, 2.24) is 9.97 Å². The number of aromatic nitrogens is 2. The quantitative estimate of drug-likeness (QED) is 0.0355. The zero-order valence-electron chi connectivity index (χ0n) is 77.3. The molecule has 1 saturated carbocycles. The molecular weight excluding hydrogens is 1720 g/mol. The number of nitrogens with zero attached hydrogens (tertiary/aromatic N) is 2. The molecule has 1 fully saturated rings. The van der Waals surface area contributed by atoms with Crippen molar-refractivity contribution in [3.63, 3.8) is 0 Å². The Hall–Kier alpha value is -16.2. The lowest BCUT2D eigenvalue weighted by Gasteiger charge is -2.60. The van der Waals surface area contributed by atoms with Gasteiger partial charge in [-0.15, -0.1) is 0 Å². The lowest BCUT2D eigenvalue weighted by Crippen LogP contribution is -2.50. The molecule has 3 aliphatic rings. The van der Waals surface area contributed by atoms with E-state index in [4.69, 9.17) is 76.3 Å². The van der Waals surface area contributed by atoms with Crippen LogP contribution in [0.15, 0.2) is 407 Å². The van der Waals surface area contributed by atoms with Crippen molar-refractivity contribution in [1.29, 1.82) is 0 Å². The maximum absolute atomic E-state index is 7.21. The summed E-state index contributed by atoms with van der Waals surface area (Å²) in [6, 6.07) is 131. The van der Waals surface area contributed by atoms with E-state index in [2.05, 4.69) is 38.2 Å². The maximum atomic E-state index is 7.21. The molecule has 15 aromatic carbocycles. The summed E-state index contributed by atoms with van der Waals surface area (Å²) in [5.74, 6) is 9.35. The van der Waals surface area contributed by atoms with Crippen LogP contribution in [0.2, 0.25) is 0 Å². The van der Waals surface area contributed by atoms with Gasteiger partial charge in [0.25, 0.3) is 0 Å². The Morgan fingerprint density at radius 2 is 0.406 bits per heavy atom. The normalized spacial score (nSPS) is 13.7. The zero-order chi connectivity index (χ0) is 93.3. The van der Waals surface area contributed by atoms with Gasteiger partial charge < -0.3 is 66.3 Å². The lowest BCUT2D eigenvalue weighted by atomic mass is 9.44. The van der Waals surface area contributed by atoms with Crippen LogP contribution in [0.1, 0.15) is 127 Å². The smallest absolute Gasteiger partial charge is 0.123 e. The molecule has 0 aliphatic heterocycles. The average Bonchev–Trinajstić information content (AvgIpc) is 0.698. The summed E-state index contributed by atoms with van der Waals surface area (Å²) in [7, 11) is 0. The first-order chi connectivity index (χ1) is 67.9. The number of hydrogen-bond acceptors (Lipinski definition) is 16. The van der Waals surface area contributed by atoms with Gasteiger partial charge in [0.1, 0.15) is 173 Å². The highest BCUT2D eigenvalue weighted by Crippen LogP contribution is 2.67. The van der Waals surface area contributed by atoms with Crippen molar-refractivity contribution >= 4 is 0 Å². The van der Waals surface area contributed by atoms with Gasteiger partial charge in [0, 0.05) is 54.9 Å². The summed E-state index contributed by atoms with van der Waals surface area (Å²) in [6.45, 7) is 8.54. The van der Waals surface area contributed by atoms with Crippen molar-refractivity contribution < 1.29 is 66.3 Å². The van der Waals surface area contributed by atoms with Gasteiger partial charge in [-0.1, -0.05) is 263 Å². The molecule has 0 N–H and O–H groups in total. The molecule has 2 aromatic heterocycles. The van der Waals surface area contributed by atoms with Gasteiger partial charge in [0.15, 0.2) is 0 Å². The molecule has 2 bridgehead atoms. The van der Waals surface area contributed by atoms with Crippen LogP contribution < -0.4 is 66.3 Å². The second-order valence-electron chi connectivity index (χ2n) is 35.6. The van der Waals surface area contributed by atoms with Gasteiger partial charge in [-0.05, 0) is 234 Å². The largest absolute Gasteiger partial charge is 0.489 e. The van der Waals surface area contributed by atoms with Crippen LogP contribution in [-0.4, -0.2) is 9.97 Å². The van der Waals surface area contributed by atoms with Gasteiger partial charge in [0.2, 0.25) is 0 Å². The summed E-state index contributed by atoms with van der Waals surface area (Å²) >= 11 is 0. The Balaban J connectivity index is 0.657. The van der Waals surface area contributed by atoms with Crippen LogP contribution >= 0.6 is 0 Å². The first-order valence-corrected chi connectivity index (χ1v) is 46.9. The Labute approximate surface area is 806 Å². The number of pyridine rings is 2. The molecule has 17 aromatic rings. The molecule has 3 atom stereocenters. The first kappa shape index (κ1) is 90.9. The Kier molecular flexibility index (Phi) is 29.5. The predicted molar refractivity (Wildman–Crippen MR) is 536 cm³/mol. The van der Waals surface area contributed by atoms with E-state index in [-0.39, 0.29) is 51.0 Å². The molecule has 3 aliphatic carbocycles. The first-order valence-electron chi connectivity index (χ1n) is 46.9. The SMILES string of the molecule is CC1(C)[C@@H]2C[C@H]1c1cnc(-c3ccccn3)cc1[C@H]2Cc1cc(OCc2cc(OCc3cc(OCc4ccccc4)cc(OCc4ccccc4)c3)cc(OCc3cc(OCc4ccccc4)cc(OCc4ccccc4)c3)c2)cc(OCc2cc(OCc3cc(OCc4ccccc4)cc(OCc4ccccc4)c3)cc(OCc3cc(OCc4ccccc4)cc(OCc4ccccc4)c3)c2)c1. The van der Waals surface area contributed by atoms with Crippen LogP contribution in [0.3, 0.4) is 0 Å². The van der Waals surface area contributed by atoms with Gasteiger partial charge in [-0.3, -0.25) is 9.97 Å². The highest BCUT2D eigenvalue weighted by atomic mass is 16.5. The van der Waals surface area contributed by atoms with E-state index < -0.39 is 0 Å². The number of rotatable bonds is 45. The lowest BCUT2D eigenvalue weighted by molar-refractivity contribution is -0.00583. The van der Waals surface area contributed by atoms with E-state index >= 15 is 0 Å². The minimum atomic E-state index is 0.0164. The Morgan fingerprint density at radius 1 is 0.203 bits per heavy atom. The fraction of sp³-hybridized carbons (Fsp3) is 0.180. The van der Waals surface area contributed by atoms with Crippen molar-refractivity contribution in [2.45, 2.75) is 131 Å². The fourth-order valence-corrected chi connectivity index (χ4v) is 17.8. The Morgan fingerprint density at radius 3 is 0.609 bits per heavy atom. The van der Waals surface area contributed by atoms with E-state index in [0.29, 0.717) is 152 Å². The van der Waals surface area contributed by atoms with Gasteiger partial charge in [0.05, 0.1) is 11.4 Å². The molecule has 690 valence electrons. The number of benzene rings is 15. The summed E-state index contributed by atoms with van der Waals surface area (Å²) < 4.78 is 94.2. The molecule has 16 heteroatoms. The summed E-state index contributed by atoms with van der Waals surface area (Å²) in [5, 5.41) is 0. The van der Waals surface area contributed by atoms with Gasteiger partial charge >= 0.3 is 0 Å². The summed E-state index contributed by atoms with van der Waals surface area (Å²) in [6.07, 6.45) is 5.67. The highest BCUT2D eigenvalue weighted by Gasteiger charge is 2.57. The third-order valence-corrected chi connectivity index (χ3v) is 25.0. The van der Waals surface area contributed by atoms with Gasteiger partial charge in [-0.2, -0.15) is 0 Å². The second-order valence-corrected chi connectivity index (χ2v) is 35.6.